The fourth-order valence-electron chi connectivity index (χ4n) is 2.71. The van der Waals surface area contributed by atoms with Crippen molar-refractivity contribution in [3.63, 3.8) is 0 Å². The molecule has 5 nitrogen and oxygen atoms in total. The van der Waals surface area contributed by atoms with E-state index in [1.807, 2.05) is 6.92 Å². The van der Waals surface area contributed by atoms with Crippen molar-refractivity contribution in [1.82, 2.24) is 15.0 Å². The summed E-state index contributed by atoms with van der Waals surface area (Å²) in [6, 6.07) is 11.3. The molecule has 1 atom stereocenters. The molecule has 1 aromatic heterocycles. The van der Waals surface area contributed by atoms with Crippen LogP contribution in [0.5, 0.6) is 0 Å². The quantitative estimate of drug-likeness (QED) is 0.654. The topological polar surface area (TPSA) is 64.8 Å². The van der Waals surface area contributed by atoms with Crippen molar-refractivity contribution in [2.45, 2.75) is 25.8 Å². The fourth-order valence-corrected chi connectivity index (χ4v) is 3.45. The lowest BCUT2D eigenvalue weighted by molar-refractivity contribution is -0.120. The predicted molar refractivity (Wildman–Crippen MR) is 95.9 cm³/mol. The molecule has 0 aliphatic rings. The molecule has 7 heteroatoms. The van der Waals surface area contributed by atoms with Crippen LogP contribution in [0.3, 0.4) is 0 Å². The van der Waals surface area contributed by atoms with E-state index in [4.69, 9.17) is 0 Å². The van der Waals surface area contributed by atoms with Gasteiger partial charge in [-0.3, -0.25) is 9.59 Å². The van der Waals surface area contributed by atoms with Crippen LogP contribution in [0.4, 0.5) is 4.39 Å². The van der Waals surface area contributed by atoms with E-state index in [2.05, 4.69) is 26.2 Å². The monoisotopic (exact) mass is 403 g/mol. The summed E-state index contributed by atoms with van der Waals surface area (Å²) in [5, 5.41) is 8.23. The molecule has 0 spiro atoms. The normalized spacial score (nSPS) is 12.3. The van der Waals surface area contributed by atoms with Crippen molar-refractivity contribution < 1.29 is 9.18 Å². The zero-order valence-corrected chi connectivity index (χ0v) is 15.0. The molecule has 0 fully saturated rings. The van der Waals surface area contributed by atoms with Gasteiger partial charge in [0.2, 0.25) is 0 Å². The zero-order valence-electron chi connectivity index (χ0n) is 13.4. The average molecular weight is 404 g/mol. The number of ketones is 1. The smallest absolute Gasteiger partial charge is 0.278 e. The SMILES string of the molecule is C[C@H](CC(=O)Cn1nnc2ccccc2c1=O)c1ccc(F)cc1Br. The summed E-state index contributed by atoms with van der Waals surface area (Å²) in [6.45, 7) is 1.74. The second-order valence-corrected chi connectivity index (χ2v) is 6.73. The van der Waals surface area contributed by atoms with Crippen molar-refractivity contribution >= 4 is 32.6 Å². The van der Waals surface area contributed by atoms with Gasteiger partial charge in [0.25, 0.3) is 5.56 Å². The summed E-state index contributed by atoms with van der Waals surface area (Å²) >= 11 is 3.31. The molecule has 0 unspecified atom stereocenters. The fraction of sp³-hybridized carbons (Fsp3) is 0.222. The lowest BCUT2D eigenvalue weighted by atomic mass is 9.95. The van der Waals surface area contributed by atoms with Crippen LogP contribution in [0.15, 0.2) is 51.7 Å². The van der Waals surface area contributed by atoms with Gasteiger partial charge in [-0.05, 0) is 35.7 Å². The first-order chi connectivity index (χ1) is 12.0. The first-order valence-electron chi connectivity index (χ1n) is 7.75. The second kappa shape index (κ2) is 7.23. The first kappa shape index (κ1) is 17.4. The first-order valence-corrected chi connectivity index (χ1v) is 8.54. The van der Waals surface area contributed by atoms with E-state index in [-0.39, 0.29) is 36.0 Å². The minimum Gasteiger partial charge on any atom is -0.298 e. The molecule has 0 radical (unpaired) electrons. The number of hydrogen-bond donors (Lipinski definition) is 0. The van der Waals surface area contributed by atoms with E-state index in [1.165, 1.54) is 12.1 Å². The molecule has 0 aliphatic carbocycles. The maximum Gasteiger partial charge on any atom is 0.278 e. The molecular weight excluding hydrogens is 389 g/mol. The number of fused-ring (bicyclic) bond motifs is 1. The summed E-state index contributed by atoms with van der Waals surface area (Å²) in [5.41, 5.74) is 1.00. The van der Waals surface area contributed by atoms with Crippen LogP contribution in [0.2, 0.25) is 0 Å². The van der Waals surface area contributed by atoms with Gasteiger partial charge < -0.3 is 0 Å². The molecule has 3 rings (SSSR count). The lowest BCUT2D eigenvalue weighted by Crippen LogP contribution is -2.28. The van der Waals surface area contributed by atoms with Crippen molar-refractivity contribution in [1.29, 1.82) is 0 Å². The standard InChI is InChI=1S/C18H15BrFN3O2/c1-11(14-7-6-12(20)9-16(14)19)8-13(24)10-23-18(25)15-4-2-3-5-17(15)21-22-23/h2-7,9,11H,8,10H2,1H3/t11-/m1/s1. The van der Waals surface area contributed by atoms with E-state index in [0.29, 0.717) is 15.4 Å². The molecule has 0 bridgehead atoms. The summed E-state index contributed by atoms with van der Waals surface area (Å²) in [7, 11) is 0. The Labute approximate surface area is 151 Å². The molecule has 0 amide bonds. The molecule has 2 aromatic carbocycles. The van der Waals surface area contributed by atoms with E-state index in [1.54, 1.807) is 30.3 Å². The Balaban J connectivity index is 1.76. The number of rotatable bonds is 5. The Kier molecular flexibility index (Phi) is 5.03. The van der Waals surface area contributed by atoms with Crippen LogP contribution in [0.1, 0.15) is 24.8 Å². The van der Waals surface area contributed by atoms with Crippen molar-refractivity contribution in [3.8, 4) is 0 Å². The van der Waals surface area contributed by atoms with Crippen molar-refractivity contribution in [2.24, 2.45) is 0 Å². The molecule has 0 saturated heterocycles. The summed E-state index contributed by atoms with van der Waals surface area (Å²) in [4.78, 5) is 24.7. The number of aromatic nitrogens is 3. The van der Waals surface area contributed by atoms with Crippen molar-refractivity contribution in [3.05, 3.63) is 68.7 Å². The van der Waals surface area contributed by atoms with E-state index in [9.17, 15) is 14.0 Å². The van der Waals surface area contributed by atoms with Gasteiger partial charge in [0.05, 0.1) is 5.39 Å². The van der Waals surface area contributed by atoms with Crippen LogP contribution in [0, 0.1) is 5.82 Å². The zero-order chi connectivity index (χ0) is 18.0. The van der Waals surface area contributed by atoms with Gasteiger partial charge in [-0.25, -0.2) is 9.07 Å². The molecule has 1 heterocycles. The third kappa shape index (κ3) is 3.82. The highest BCUT2D eigenvalue weighted by Crippen LogP contribution is 2.28. The molecular formula is C18H15BrFN3O2. The van der Waals surface area contributed by atoms with E-state index < -0.39 is 0 Å². The molecule has 0 aliphatic heterocycles. The van der Waals surface area contributed by atoms with E-state index in [0.717, 1.165) is 10.2 Å². The third-order valence-electron chi connectivity index (χ3n) is 3.98. The predicted octanol–water partition coefficient (Wildman–Crippen LogP) is 3.46. The lowest BCUT2D eigenvalue weighted by Gasteiger charge is -2.13. The molecule has 0 saturated carbocycles. The number of hydrogen-bond acceptors (Lipinski definition) is 4. The van der Waals surface area contributed by atoms with Crippen LogP contribution < -0.4 is 5.56 Å². The number of carbonyl (C=O) groups is 1. The maximum absolute atomic E-state index is 13.2. The van der Waals surface area contributed by atoms with Crippen LogP contribution in [0.25, 0.3) is 10.9 Å². The Bertz CT molecular complexity index is 1000. The Hall–Kier alpha value is -2.41. The van der Waals surface area contributed by atoms with Gasteiger partial charge in [0, 0.05) is 10.9 Å². The number of carbonyl (C=O) groups excluding carboxylic acids is 1. The number of benzene rings is 2. The van der Waals surface area contributed by atoms with Crippen LogP contribution in [-0.4, -0.2) is 20.8 Å². The van der Waals surface area contributed by atoms with Gasteiger partial charge in [-0.15, -0.1) is 5.10 Å². The van der Waals surface area contributed by atoms with E-state index >= 15 is 0 Å². The summed E-state index contributed by atoms with van der Waals surface area (Å²) < 4.78 is 14.9. The van der Waals surface area contributed by atoms with Crippen LogP contribution in [-0.2, 0) is 11.3 Å². The highest BCUT2D eigenvalue weighted by molar-refractivity contribution is 9.10. The number of halogens is 2. The Morgan fingerprint density at radius 3 is 2.80 bits per heavy atom. The Morgan fingerprint density at radius 1 is 1.28 bits per heavy atom. The molecule has 128 valence electrons. The van der Waals surface area contributed by atoms with Gasteiger partial charge in [0.1, 0.15) is 17.9 Å². The molecule has 25 heavy (non-hydrogen) atoms. The largest absolute Gasteiger partial charge is 0.298 e. The van der Waals surface area contributed by atoms with Gasteiger partial charge >= 0.3 is 0 Å². The van der Waals surface area contributed by atoms with Crippen LogP contribution >= 0.6 is 15.9 Å². The molecule has 3 aromatic rings. The summed E-state index contributed by atoms with van der Waals surface area (Å²) in [5.74, 6) is -0.603. The maximum atomic E-state index is 13.2. The molecule has 0 N–H and O–H groups in total. The third-order valence-corrected chi connectivity index (χ3v) is 4.67. The second-order valence-electron chi connectivity index (χ2n) is 5.88. The van der Waals surface area contributed by atoms with Gasteiger partial charge in [-0.2, -0.15) is 0 Å². The highest BCUT2D eigenvalue weighted by atomic mass is 79.9. The Morgan fingerprint density at radius 2 is 2.04 bits per heavy atom. The number of Topliss-reactive ketones (excluding diaryl/α,β-unsaturated/α-hetero) is 1. The summed E-state index contributed by atoms with van der Waals surface area (Å²) in [6.07, 6.45) is 0.213. The van der Waals surface area contributed by atoms with Gasteiger partial charge in [0.15, 0.2) is 5.78 Å². The minimum atomic E-state index is -0.341. The highest BCUT2D eigenvalue weighted by Gasteiger charge is 2.16. The van der Waals surface area contributed by atoms with Crippen molar-refractivity contribution in [2.75, 3.05) is 0 Å². The van der Waals surface area contributed by atoms with Gasteiger partial charge in [-0.1, -0.05) is 46.3 Å². The minimum absolute atomic E-state index is 0.119. The number of nitrogens with zero attached hydrogens (tertiary/aromatic N) is 3. The average Bonchev–Trinajstić information content (AvgIpc) is 2.57.